The highest BCUT2D eigenvalue weighted by atomic mass is 79.9. The highest BCUT2D eigenvalue weighted by Crippen LogP contribution is 2.33. The monoisotopic (exact) mass is 439 g/mol. The van der Waals surface area contributed by atoms with Gasteiger partial charge in [-0.05, 0) is 36.5 Å². The number of nitrogens with one attached hydrogen (secondary N) is 1. The number of unbranched alkanes of at least 4 members (excludes halogenated alkanes) is 1. The average molecular weight is 440 g/mol. The van der Waals surface area contributed by atoms with Gasteiger partial charge in [-0.15, -0.1) is 0 Å². The van der Waals surface area contributed by atoms with Crippen LogP contribution in [0.3, 0.4) is 0 Å². The summed E-state index contributed by atoms with van der Waals surface area (Å²) in [6.45, 7) is 1.50. The molecule has 2 amide bonds. The van der Waals surface area contributed by atoms with Crippen LogP contribution in [0.15, 0.2) is 53.0 Å². The number of hydrazine groups is 1. The standard InChI is InChI=1S/C20H24BrF2N3O/c1-20(22,23)17-11-10-16(13-18(17)21)14-26(24)19(27)25-12-6-5-9-15-7-3-2-4-8-15/h2-4,7-8,10-11,13H,5-6,9,12,14,24H2,1H3,(H,25,27). The topological polar surface area (TPSA) is 58.4 Å². The maximum atomic E-state index is 13.4. The van der Waals surface area contributed by atoms with E-state index in [1.54, 1.807) is 12.1 Å². The van der Waals surface area contributed by atoms with Gasteiger partial charge in [0, 0.05) is 23.5 Å². The van der Waals surface area contributed by atoms with Gasteiger partial charge < -0.3 is 5.32 Å². The van der Waals surface area contributed by atoms with Crippen molar-refractivity contribution in [3.05, 3.63) is 69.7 Å². The molecule has 0 saturated heterocycles. The molecule has 0 radical (unpaired) electrons. The Morgan fingerprint density at radius 3 is 2.48 bits per heavy atom. The van der Waals surface area contributed by atoms with Crippen LogP contribution in [0.1, 0.15) is 36.5 Å². The molecule has 27 heavy (non-hydrogen) atoms. The number of urea groups is 1. The van der Waals surface area contributed by atoms with Crippen molar-refractivity contribution < 1.29 is 13.6 Å². The molecule has 0 fully saturated rings. The molecule has 146 valence electrons. The fourth-order valence-corrected chi connectivity index (χ4v) is 3.45. The van der Waals surface area contributed by atoms with Crippen molar-refractivity contribution >= 4 is 22.0 Å². The lowest BCUT2D eigenvalue weighted by molar-refractivity contribution is 0.0167. The quantitative estimate of drug-likeness (QED) is 0.264. The number of nitrogens with zero attached hydrogens (tertiary/aromatic N) is 1. The number of hydrogen-bond acceptors (Lipinski definition) is 2. The van der Waals surface area contributed by atoms with E-state index in [2.05, 4.69) is 33.4 Å². The Morgan fingerprint density at radius 1 is 1.15 bits per heavy atom. The Bertz CT molecular complexity index is 751. The molecule has 4 nitrogen and oxygen atoms in total. The van der Waals surface area contributed by atoms with E-state index >= 15 is 0 Å². The SMILES string of the molecule is CC(F)(F)c1ccc(CN(N)C(=O)NCCCCc2ccccc2)cc1Br. The second-order valence-corrected chi connectivity index (χ2v) is 7.36. The number of aryl methyl sites for hydroxylation is 1. The van der Waals surface area contributed by atoms with Gasteiger partial charge >= 0.3 is 6.03 Å². The minimum atomic E-state index is -2.93. The molecular formula is C20H24BrF2N3O. The molecule has 0 spiro atoms. The summed E-state index contributed by atoms with van der Waals surface area (Å²) in [6, 6.07) is 14.2. The highest BCUT2D eigenvalue weighted by molar-refractivity contribution is 9.10. The third kappa shape index (κ3) is 6.92. The van der Waals surface area contributed by atoms with Crippen LogP contribution >= 0.6 is 15.9 Å². The first-order chi connectivity index (χ1) is 12.8. The smallest absolute Gasteiger partial charge is 0.331 e. The van der Waals surface area contributed by atoms with Gasteiger partial charge in [-0.25, -0.2) is 19.4 Å². The number of carbonyl (C=O) groups excluding carboxylic acids is 1. The predicted molar refractivity (Wildman–Crippen MR) is 106 cm³/mol. The fraction of sp³-hybridized carbons (Fsp3) is 0.350. The second kappa shape index (κ2) is 9.80. The average Bonchev–Trinajstić information content (AvgIpc) is 2.61. The van der Waals surface area contributed by atoms with Crippen LogP contribution in [-0.4, -0.2) is 17.6 Å². The summed E-state index contributed by atoms with van der Waals surface area (Å²) in [4.78, 5) is 12.0. The Kier molecular flexibility index (Phi) is 7.74. The molecule has 0 heterocycles. The van der Waals surface area contributed by atoms with Gasteiger partial charge in [0.2, 0.25) is 0 Å². The van der Waals surface area contributed by atoms with Crippen LogP contribution in [0, 0.1) is 0 Å². The number of amides is 2. The summed E-state index contributed by atoms with van der Waals surface area (Å²) in [5.41, 5.74) is 1.84. The van der Waals surface area contributed by atoms with Crippen LogP contribution in [-0.2, 0) is 18.9 Å². The zero-order valence-corrected chi connectivity index (χ0v) is 16.8. The van der Waals surface area contributed by atoms with Crippen LogP contribution in [0.25, 0.3) is 0 Å². The Labute approximate surface area is 166 Å². The maximum absolute atomic E-state index is 13.4. The van der Waals surface area contributed by atoms with Crippen molar-refractivity contribution in [3.8, 4) is 0 Å². The normalized spacial score (nSPS) is 11.3. The van der Waals surface area contributed by atoms with E-state index < -0.39 is 12.0 Å². The van der Waals surface area contributed by atoms with Crippen molar-refractivity contribution in [3.63, 3.8) is 0 Å². The number of nitrogens with two attached hydrogens (primary N) is 1. The molecule has 2 aromatic carbocycles. The number of benzene rings is 2. The van der Waals surface area contributed by atoms with E-state index in [-0.39, 0.29) is 12.1 Å². The van der Waals surface area contributed by atoms with Crippen LogP contribution in [0.2, 0.25) is 0 Å². The lowest BCUT2D eigenvalue weighted by Crippen LogP contribution is -2.44. The minimum absolute atomic E-state index is 0.0994. The molecule has 0 aliphatic rings. The third-order valence-electron chi connectivity index (χ3n) is 4.13. The summed E-state index contributed by atoms with van der Waals surface area (Å²) < 4.78 is 27.1. The van der Waals surface area contributed by atoms with Crippen LogP contribution in [0.5, 0.6) is 0 Å². The largest absolute Gasteiger partial charge is 0.337 e. The Balaban J connectivity index is 1.74. The highest BCUT2D eigenvalue weighted by Gasteiger charge is 2.27. The molecular weight excluding hydrogens is 416 g/mol. The van der Waals surface area contributed by atoms with Crippen LogP contribution in [0.4, 0.5) is 13.6 Å². The van der Waals surface area contributed by atoms with Crippen molar-refractivity contribution in [2.75, 3.05) is 6.54 Å². The summed E-state index contributed by atoms with van der Waals surface area (Å²) in [6.07, 6.45) is 2.78. The van der Waals surface area contributed by atoms with E-state index in [4.69, 9.17) is 5.84 Å². The number of halogens is 3. The molecule has 0 bridgehead atoms. The first-order valence-corrected chi connectivity index (χ1v) is 9.57. The number of alkyl halides is 2. The van der Waals surface area contributed by atoms with E-state index in [0.29, 0.717) is 16.6 Å². The molecule has 0 unspecified atom stereocenters. The van der Waals surface area contributed by atoms with Gasteiger partial charge in [-0.3, -0.25) is 5.01 Å². The summed E-state index contributed by atoms with van der Waals surface area (Å²) in [5.74, 6) is 2.85. The van der Waals surface area contributed by atoms with Gasteiger partial charge in [0.05, 0.1) is 6.54 Å². The number of hydrogen-bond donors (Lipinski definition) is 2. The van der Waals surface area contributed by atoms with E-state index in [1.807, 2.05) is 18.2 Å². The Hall–Kier alpha value is -1.99. The molecule has 0 aliphatic heterocycles. The fourth-order valence-electron chi connectivity index (χ4n) is 2.68. The minimum Gasteiger partial charge on any atom is -0.337 e. The third-order valence-corrected chi connectivity index (χ3v) is 4.79. The maximum Gasteiger partial charge on any atom is 0.331 e. The summed E-state index contributed by atoms with van der Waals surface area (Å²) in [7, 11) is 0. The van der Waals surface area contributed by atoms with Gasteiger partial charge in [0.1, 0.15) is 0 Å². The number of rotatable bonds is 8. The summed E-state index contributed by atoms with van der Waals surface area (Å²) >= 11 is 3.15. The van der Waals surface area contributed by atoms with Crippen molar-refractivity contribution in [1.29, 1.82) is 0 Å². The molecule has 0 aliphatic carbocycles. The lowest BCUT2D eigenvalue weighted by atomic mass is 10.1. The molecule has 0 aromatic heterocycles. The van der Waals surface area contributed by atoms with Gasteiger partial charge in [0.15, 0.2) is 0 Å². The molecule has 2 aromatic rings. The second-order valence-electron chi connectivity index (χ2n) is 6.51. The zero-order valence-electron chi connectivity index (χ0n) is 15.2. The van der Waals surface area contributed by atoms with Crippen LogP contribution < -0.4 is 11.2 Å². The molecule has 2 rings (SSSR count). The predicted octanol–water partition coefficient (Wildman–Crippen LogP) is 4.97. The molecule has 3 N–H and O–H groups in total. The Morgan fingerprint density at radius 2 is 1.85 bits per heavy atom. The summed E-state index contributed by atoms with van der Waals surface area (Å²) in [5, 5.41) is 3.81. The molecule has 0 saturated carbocycles. The lowest BCUT2D eigenvalue weighted by Gasteiger charge is -2.19. The van der Waals surface area contributed by atoms with Gasteiger partial charge in [-0.2, -0.15) is 0 Å². The first kappa shape index (κ1) is 21.3. The number of carbonyl (C=O) groups is 1. The van der Waals surface area contributed by atoms with E-state index in [9.17, 15) is 13.6 Å². The van der Waals surface area contributed by atoms with Crippen molar-refractivity contribution in [2.45, 2.75) is 38.7 Å². The van der Waals surface area contributed by atoms with E-state index in [1.165, 1.54) is 11.6 Å². The molecule has 0 atom stereocenters. The van der Waals surface area contributed by atoms with E-state index in [0.717, 1.165) is 31.2 Å². The van der Waals surface area contributed by atoms with Gasteiger partial charge in [0.25, 0.3) is 5.92 Å². The van der Waals surface area contributed by atoms with Crippen molar-refractivity contribution in [2.24, 2.45) is 5.84 Å². The van der Waals surface area contributed by atoms with Crippen molar-refractivity contribution in [1.82, 2.24) is 10.3 Å². The first-order valence-electron chi connectivity index (χ1n) is 8.78. The molecule has 7 heteroatoms. The van der Waals surface area contributed by atoms with Gasteiger partial charge in [-0.1, -0.05) is 58.4 Å². The zero-order chi connectivity index (χ0) is 19.9.